The van der Waals surface area contributed by atoms with Gasteiger partial charge in [-0.2, -0.15) is 0 Å². The summed E-state index contributed by atoms with van der Waals surface area (Å²) in [5.74, 6) is 1.19. The number of aliphatic imine (C=N–C) groups is 1. The first-order chi connectivity index (χ1) is 11.0. The number of rotatable bonds is 3. The highest BCUT2D eigenvalue weighted by molar-refractivity contribution is 8.00. The monoisotopic (exact) mass is 328 g/mol. The Morgan fingerprint density at radius 3 is 2.78 bits per heavy atom. The number of ether oxygens (including phenoxy) is 1. The second-order valence-electron chi connectivity index (χ2n) is 5.85. The van der Waals surface area contributed by atoms with Crippen molar-refractivity contribution in [2.45, 2.75) is 32.9 Å². The summed E-state index contributed by atoms with van der Waals surface area (Å²) in [6, 6.07) is 6.17. The summed E-state index contributed by atoms with van der Waals surface area (Å²) in [7, 11) is 0.475. The first-order valence-electron chi connectivity index (χ1n) is 7.54. The summed E-state index contributed by atoms with van der Waals surface area (Å²) in [5, 5.41) is 0.728. The summed E-state index contributed by atoms with van der Waals surface area (Å²) in [6.45, 7) is 5.95. The molecule has 1 aliphatic heterocycles. The highest BCUT2D eigenvalue weighted by Crippen LogP contribution is 2.30. The number of aryl methyl sites for hydroxylation is 2. The normalized spacial score (nSPS) is 14.3. The molecule has 0 aliphatic carbocycles. The fourth-order valence-corrected chi connectivity index (χ4v) is 4.04. The number of aromatic nitrogens is 1. The van der Waals surface area contributed by atoms with Gasteiger partial charge < -0.3 is 4.74 Å². The SMILES string of the molecule is COc1c(C)cnc(CS(=O)C2=Nc3cc(C)ccc3C2)c1C. The van der Waals surface area contributed by atoms with Crippen LogP contribution in [0, 0.1) is 20.8 Å². The van der Waals surface area contributed by atoms with E-state index in [2.05, 4.69) is 22.1 Å². The molecule has 0 spiro atoms. The molecule has 1 aromatic heterocycles. The molecule has 0 N–H and O–H groups in total. The number of hydrogen-bond donors (Lipinski definition) is 0. The minimum Gasteiger partial charge on any atom is -0.496 e. The van der Waals surface area contributed by atoms with Crippen LogP contribution in [0.2, 0.25) is 0 Å². The van der Waals surface area contributed by atoms with Gasteiger partial charge in [0.2, 0.25) is 0 Å². The Hall–Kier alpha value is -2.01. The van der Waals surface area contributed by atoms with Gasteiger partial charge in [0.1, 0.15) is 10.8 Å². The van der Waals surface area contributed by atoms with E-state index >= 15 is 0 Å². The number of fused-ring (bicyclic) bond motifs is 1. The van der Waals surface area contributed by atoms with E-state index < -0.39 is 10.8 Å². The molecule has 5 heteroatoms. The van der Waals surface area contributed by atoms with Crippen molar-refractivity contribution in [2.75, 3.05) is 7.11 Å². The van der Waals surface area contributed by atoms with Crippen LogP contribution in [0.5, 0.6) is 5.75 Å². The topological polar surface area (TPSA) is 51.5 Å². The molecule has 0 saturated heterocycles. The molecule has 0 bridgehead atoms. The van der Waals surface area contributed by atoms with Gasteiger partial charge in [-0.05, 0) is 38.0 Å². The molecular formula is C18H20N2O2S. The van der Waals surface area contributed by atoms with Crippen LogP contribution in [0.1, 0.15) is 27.9 Å². The number of methoxy groups -OCH3 is 1. The van der Waals surface area contributed by atoms with E-state index in [1.165, 1.54) is 5.56 Å². The lowest BCUT2D eigenvalue weighted by molar-refractivity contribution is 0.407. The largest absolute Gasteiger partial charge is 0.496 e. The van der Waals surface area contributed by atoms with E-state index in [-0.39, 0.29) is 0 Å². The van der Waals surface area contributed by atoms with Gasteiger partial charge in [-0.3, -0.25) is 9.19 Å². The van der Waals surface area contributed by atoms with Crippen LogP contribution in [-0.4, -0.2) is 21.3 Å². The number of hydrogen-bond acceptors (Lipinski definition) is 4. The van der Waals surface area contributed by atoms with Crippen LogP contribution < -0.4 is 4.74 Å². The molecule has 0 fully saturated rings. The summed E-state index contributed by atoms with van der Waals surface area (Å²) < 4.78 is 18.1. The third-order valence-corrected chi connectivity index (χ3v) is 5.40. The Bertz CT molecular complexity index is 828. The molecule has 0 saturated carbocycles. The summed E-state index contributed by atoms with van der Waals surface area (Å²) in [6.07, 6.45) is 2.43. The molecule has 3 rings (SSSR count). The van der Waals surface area contributed by atoms with Gasteiger partial charge in [0.25, 0.3) is 0 Å². The first-order valence-corrected chi connectivity index (χ1v) is 8.86. The van der Waals surface area contributed by atoms with Gasteiger partial charge in [-0.15, -0.1) is 0 Å². The lowest BCUT2D eigenvalue weighted by Crippen LogP contribution is -2.12. The average molecular weight is 328 g/mol. The number of benzene rings is 1. The molecule has 1 aromatic carbocycles. The van der Waals surface area contributed by atoms with Crippen molar-refractivity contribution in [3.63, 3.8) is 0 Å². The summed E-state index contributed by atoms with van der Waals surface area (Å²) in [5.41, 5.74) is 6.00. The second kappa shape index (κ2) is 6.24. The maximum absolute atomic E-state index is 12.7. The quantitative estimate of drug-likeness (QED) is 0.866. The molecule has 0 radical (unpaired) electrons. The Kier molecular flexibility index (Phi) is 4.31. The van der Waals surface area contributed by atoms with Gasteiger partial charge in [0.15, 0.2) is 0 Å². The lowest BCUT2D eigenvalue weighted by Gasteiger charge is -2.12. The molecule has 120 valence electrons. The van der Waals surface area contributed by atoms with Crippen LogP contribution in [0.15, 0.2) is 29.4 Å². The van der Waals surface area contributed by atoms with Gasteiger partial charge >= 0.3 is 0 Å². The first kappa shape index (κ1) is 15.9. The average Bonchev–Trinajstić information content (AvgIpc) is 2.93. The van der Waals surface area contributed by atoms with E-state index in [1.54, 1.807) is 13.3 Å². The Labute approximate surface area is 139 Å². The molecule has 0 amide bonds. The zero-order valence-corrected chi connectivity index (χ0v) is 14.7. The third-order valence-electron chi connectivity index (χ3n) is 4.11. The lowest BCUT2D eigenvalue weighted by atomic mass is 10.1. The zero-order valence-electron chi connectivity index (χ0n) is 13.8. The van der Waals surface area contributed by atoms with E-state index in [0.717, 1.165) is 38.9 Å². The molecule has 2 aromatic rings. The van der Waals surface area contributed by atoms with Gasteiger partial charge in [0.05, 0.1) is 35.0 Å². The van der Waals surface area contributed by atoms with Crippen molar-refractivity contribution in [1.29, 1.82) is 0 Å². The summed E-state index contributed by atoms with van der Waals surface area (Å²) >= 11 is 0. The number of nitrogens with zero attached hydrogens (tertiary/aromatic N) is 2. The molecule has 1 unspecified atom stereocenters. The third kappa shape index (κ3) is 3.06. The van der Waals surface area contributed by atoms with Crippen LogP contribution in [0.4, 0.5) is 5.69 Å². The Morgan fingerprint density at radius 1 is 1.26 bits per heavy atom. The van der Waals surface area contributed by atoms with Crippen LogP contribution in [0.25, 0.3) is 0 Å². The fourth-order valence-electron chi connectivity index (χ4n) is 2.82. The highest BCUT2D eigenvalue weighted by Gasteiger charge is 2.21. The van der Waals surface area contributed by atoms with Crippen molar-refractivity contribution in [1.82, 2.24) is 4.98 Å². The van der Waals surface area contributed by atoms with Gasteiger partial charge in [-0.25, -0.2) is 4.99 Å². The fraction of sp³-hybridized carbons (Fsp3) is 0.333. The zero-order chi connectivity index (χ0) is 16.6. The van der Waals surface area contributed by atoms with Crippen LogP contribution >= 0.6 is 0 Å². The minimum absolute atomic E-state index is 0.369. The van der Waals surface area contributed by atoms with Crippen LogP contribution in [-0.2, 0) is 23.0 Å². The number of pyridine rings is 1. The van der Waals surface area contributed by atoms with E-state index in [4.69, 9.17) is 4.74 Å². The second-order valence-corrected chi connectivity index (χ2v) is 7.30. The molecular weight excluding hydrogens is 308 g/mol. The predicted molar refractivity (Wildman–Crippen MR) is 94.1 cm³/mol. The minimum atomic E-state index is -1.17. The van der Waals surface area contributed by atoms with Crippen molar-refractivity contribution in [2.24, 2.45) is 4.99 Å². The maximum atomic E-state index is 12.7. The van der Waals surface area contributed by atoms with Crippen molar-refractivity contribution in [3.05, 3.63) is 52.3 Å². The molecule has 2 heterocycles. The standard InChI is InChI=1S/C18H20N2O2S/c1-11-5-6-14-8-17(20-15(14)7-11)23(21)10-16-13(3)18(22-4)12(2)9-19-16/h5-7,9H,8,10H2,1-4H3. The van der Waals surface area contributed by atoms with Crippen molar-refractivity contribution < 1.29 is 8.95 Å². The van der Waals surface area contributed by atoms with Gasteiger partial charge in [0, 0.05) is 23.7 Å². The Morgan fingerprint density at radius 2 is 2.04 bits per heavy atom. The predicted octanol–water partition coefficient (Wildman–Crippen LogP) is 3.55. The maximum Gasteiger partial charge on any atom is 0.128 e. The molecule has 1 atom stereocenters. The Balaban J connectivity index is 1.83. The molecule has 4 nitrogen and oxygen atoms in total. The smallest absolute Gasteiger partial charge is 0.128 e. The van der Waals surface area contributed by atoms with E-state index in [0.29, 0.717) is 12.2 Å². The van der Waals surface area contributed by atoms with Crippen molar-refractivity contribution in [3.8, 4) is 5.75 Å². The van der Waals surface area contributed by atoms with Gasteiger partial charge in [-0.1, -0.05) is 12.1 Å². The highest BCUT2D eigenvalue weighted by atomic mass is 32.2. The van der Waals surface area contributed by atoms with Crippen LogP contribution in [0.3, 0.4) is 0 Å². The molecule has 23 heavy (non-hydrogen) atoms. The molecule has 1 aliphatic rings. The van der Waals surface area contributed by atoms with E-state index in [9.17, 15) is 4.21 Å². The van der Waals surface area contributed by atoms with E-state index in [1.807, 2.05) is 26.8 Å². The van der Waals surface area contributed by atoms with Crippen molar-refractivity contribution >= 4 is 21.5 Å². The summed E-state index contributed by atoms with van der Waals surface area (Å²) in [4.78, 5) is 8.99.